The van der Waals surface area contributed by atoms with Crippen LogP contribution in [0.15, 0.2) is 24.3 Å². The summed E-state index contributed by atoms with van der Waals surface area (Å²) in [5.74, 6) is 0. The number of aliphatic hydroxyl groups is 1. The average Bonchev–Trinajstić information content (AvgIpc) is 2.29. The number of hydrogen-bond acceptors (Lipinski definition) is 4. The lowest BCUT2D eigenvalue weighted by atomic mass is 10.1. The van der Waals surface area contributed by atoms with E-state index in [0.29, 0.717) is 10.6 Å². The molecule has 0 saturated heterocycles. The maximum atomic E-state index is 12.2. The van der Waals surface area contributed by atoms with Crippen molar-refractivity contribution in [3.05, 3.63) is 34.9 Å². The van der Waals surface area contributed by atoms with Crippen molar-refractivity contribution in [1.29, 1.82) is 0 Å². The van der Waals surface area contributed by atoms with Gasteiger partial charge in [0.25, 0.3) is 0 Å². The molecule has 0 radical (unpaired) electrons. The van der Waals surface area contributed by atoms with Crippen molar-refractivity contribution < 1.29 is 18.7 Å². The number of benzene rings is 1. The number of halogens is 1. The van der Waals surface area contributed by atoms with E-state index in [-0.39, 0.29) is 19.4 Å². The summed E-state index contributed by atoms with van der Waals surface area (Å²) in [6.07, 6.45) is -0.998. The highest BCUT2D eigenvalue weighted by atomic mass is 35.5. The van der Waals surface area contributed by atoms with E-state index in [1.54, 1.807) is 38.1 Å². The first-order chi connectivity index (χ1) is 8.50. The van der Waals surface area contributed by atoms with E-state index in [4.69, 9.17) is 20.6 Å². The molecule has 1 atom stereocenters. The van der Waals surface area contributed by atoms with Crippen molar-refractivity contribution in [1.82, 2.24) is 0 Å². The van der Waals surface area contributed by atoms with E-state index in [1.165, 1.54) is 0 Å². The van der Waals surface area contributed by atoms with Crippen LogP contribution in [0.4, 0.5) is 0 Å². The first kappa shape index (κ1) is 15.7. The number of rotatable bonds is 7. The van der Waals surface area contributed by atoms with Gasteiger partial charge in [-0.3, -0.25) is 4.57 Å². The monoisotopic (exact) mass is 292 g/mol. The van der Waals surface area contributed by atoms with Crippen molar-refractivity contribution >= 4 is 19.2 Å². The van der Waals surface area contributed by atoms with E-state index >= 15 is 0 Å². The Bertz CT molecular complexity index is 414. The van der Waals surface area contributed by atoms with E-state index in [0.717, 1.165) is 0 Å². The highest BCUT2D eigenvalue weighted by Crippen LogP contribution is 2.50. The average molecular weight is 293 g/mol. The van der Waals surface area contributed by atoms with Crippen LogP contribution in [0, 0.1) is 0 Å². The Labute approximate surface area is 112 Å². The molecule has 4 nitrogen and oxygen atoms in total. The molecule has 0 bridgehead atoms. The maximum Gasteiger partial charge on any atom is 0.333 e. The Morgan fingerprint density at radius 2 is 1.94 bits per heavy atom. The van der Waals surface area contributed by atoms with Gasteiger partial charge >= 0.3 is 7.60 Å². The fourth-order valence-electron chi connectivity index (χ4n) is 1.57. The summed E-state index contributed by atoms with van der Waals surface area (Å²) in [7, 11) is -3.25. The van der Waals surface area contributed by atoms with E-state index in [1.807, 2.05) is 0 Å². The van der Waals surface area contributed by atoms with E-state index in [2.05, 4.69) is 0 Å². The second-order valence-corrected chi connectivity index (χ2v) is 6.24. The van der Waals surface area contributed by atoms with Gasteiger partial charge in [0, 0.05) is 5.02 Å². The van der Waals surface area contributed by atoms with Gasteiger partial charge in [-0.05, 0) is 31.5 Å². The molecule has 0 aliphatic carbocycles. The van der Waals surface area contributed by atoms with Gasteiger partial charge in [-0.2, -0.15) is 0 Å². The van der Waals surface area contributed by atoms with Gasteiger partial charge in [-0.15, -0.1) is 0 Å². The van der Waals surface area contributed by atoms with Crippen molar-refractivity contribution in [2.24, 2.45) is 0 Å². The molecule has 0 aromatic heterocycles. The molecule has 1 rings (SSSR count). The minimum absolute atomic E-state index is 0.0744. The molecule has 0 saturated carbocycles. The highest BCUT2D eigenvalue weighted by molar-refractivity contribution is 7.53. The molecule has 0 fully saturated rings. The Morgan fingerprint density at radius 3 is 2.44 bits per heavy atom. The normalized spacial score (nSPS) is 13.6. The maximum absolute atomic E-state index is 12.2. The summed E-state index contributed by atoms with van der Waals surface area (Å²) in [6, 6.07) is 6.79. The van der Waals surface area contributed by atoms with Gasteiger partial charge in [0.05, 0.1) is 25.5 Å². The van der Waals surface area contributed by atoms with Crippen LogP contribution in [0.2, 0.25) is 5.02 Å². The Balaban J connectivity index is 2.78. The van der Waals surface area contributed by atoms with Crippen LogP contribution < -0.4 is 0 Å². The van der Waals surface area contributed by atoms with Crippen LogP contribution in [0.1, 0.15) is 25.5 Å². The van der Waals surface area contributed by atoms with Crippen LogP contribution in [-0.4, -0.2) is 24.5 Å². The Morgan fingerprint density at radius 1 is 1.33 bits per heavy atom. The van der Waals surface area contributed by atoms with Gasteiger partial charge in [-0.25, -0.2) is 0 Å². The van der Waals surface area contributed by atoms with Crippen LogP contribution in [0.5, 0.6) is 0 Å². The number of hydrogen-bond donors (Lipinski definition) is 1. The Hall–Kier alpha value is -0.380. The molecule has 0 spiro atoms. The molecule has 0 heterocycles. The second kappa shape index (κ2) is 7.27. The highest BCUT2D eigenvalue weighted by Gasteiger charge is 2.28. The lowest BCUT2D eigenvalue weighted by Crippen LogP contribution is -2.08. The molecular formula is C12H18ClO4P. The smallest absolute Gasteiger partial charge is 0.333 e. The minimum Gasteiger partial charge on any atom is -0.388 e. The molecule has 1 aromatic rings. The summed E-state index contributed by atoms with van der Waals surface area (Å²) in [5.41, 5.74) is 0.599. The largest absolute Gasteiger partial charge is 0.388 e. The summed E-state index contributed by atoms with van der Waals surface area (Å²) in [5, 5.41) is 10.6. The molecule has 1 aromatic carbocycles. The van der Waals surface area contributed by atoms with Gasteiger partial charge in [0.15, 0.2) is 0 Å². The molecule has 102 valence electrons. The Kier molecular flexibility index (Phi) is 6.33. The predicted octanol–water partition coefficient (Wildman–Crippen LogP) is 3.64. The van der Waals surface area contributed by atoms with Crippen molar-refractivity contribution in [3.8, 4) is 0 Å². The molecule has 0 aliphatic rings. The second-order valence-electron chi connectivity index (χ2n) is 3.70. The molecule has 0 aliphatic heterocycles. The molecule has 0 amide bonds. The third-order valence-corrected chi connectivity index (χ3v) is 4.61. The quantitative estimate of drug-likeness (QED) is 0.780. The van der Waals surface area contributed by atoms with Gasteiger partial charge in [0.1, 0.15) is 0 Å². The molecule has 1 N–H and O–H groups in total. The molecular weight excluding hydrogens is 275 g/mol. The van der Waals surface area contributed by atoms with E-state index in [9.17, 15) is 9.67 Å². The van der Waals surface area contributed by atoms with Crippen molar-refractivity contribution in [2.75, 3.05) is 19.4 Å². The summed E-state index contributed by atoms with van der Waals surface area (Å²) >= 11 is 5.84. The van der Waals surface area contributed by atoms with Crippen molar-refractivity contribution in [3.63, 3.8) is 0 Å². The lowest BCUT2D eigenvalue weighted by Gasteiger charge is -2.20. The summed E-state index contributed by atoms with van der Waals surface area (Å²) < 4.78 is 22.5. The number of aliphatic hydroxyl groups excluding tert-OH is 1. The minimum atomic E-state index is -3.25. The first-order valence-electron chi connectivity index (χ1n) is 5.82. The zero-order valence-electron chi connectivity index (χ0n) is 10.5. The van der Waals surface area contributed by atoms with Crippen LogP contribution in [0.3, 0.4) is 0 Å². The first-order valence-corrected chi connectivity index (χ1v) is 7.93. The summed E-state index contributed by atoms with van der Waals surface area (Å²) in [4.78, 5) is 0. The lowest BCUT2D eigenvalue weighted by molar-refractivity contribution is 0.170. The predicted molar refractivity (Wildman–Crippen MR) is 72.1 cm³/mol. The van der Waals surface area contributed by atoms with E-state index < -0.39 is 13.7 Å². The zero-order valence-corrected chi connectivity index (χ0v) is 12.2. The standard InChI is InChI=1S/C12H18ClO4P/c1-3-16-18(15,17-4-2)9-12(14)10-6-5-7-11(13)8-10/h5-8,12,14H,3-4,9H2,1-2H3/t12-/m1/s1. The fraction of sp³-hybridized carbons (Fsp3) is 0.500. The molecule has 18 heavy (non-hydrogen) atoms. The van der Waals surface area contributed by atoms with Gasteiger partial charge in [-0.1, -0.05) is 23.7 Å². The van der Waals surface area contributed by atoms with Crippen LogP contribution in [-0.2, 0) is 13.6 Å². The van der Waals surface area contributed by atoms with Crippen molar-refractivity contribution in [2.45, 2.75) is 20.0 Å². The zero-order chi connectivity index (χ0) is 13.6. The molecule has 0 unspecified atom stereocenters. The van der Waals surface area contributed by atoms with Crippen LogP contribution in [0.25, 0.3) is 0 Å². The van der Waals surface area contributed by atoms with Crippen LogP contribution >= 0.6 is 19.2 Å². The molecule has 6 heteroatoms. The third-order valence-electron chi connectivity index (χ3n) is 2.28. The third kappa shape index (κ3) is 4.71. The van der Waals surface area contributed by atoms with Gasteiger partial charge in [0.2, 0.25) is 0 Å². The topological polar surface area (TPSA) is 55.8 Å². The van der Waals surface area contributed by atoms with Gasteiger partial charge < -0.3 is 14.2 Å². The summed E-state index contributed by atoms with van der Waals surface area (Å²) in [6.45, 7) is 4.02. The fourth-order valence-corrected chi connectivity index (χ4v) is 3.47. The SMILES string of the molecule is CCOP(=O)(C[C@@H](O)c1cccc(Cl)c1)OCC.